The summed E-state index contributed by atoms with van der Waals surface area (Å²) in [5, 5.41) is 5.36. The standard InChI is InChI=1S/C20H28N2O4/c1-13(2)10-17(22-19(24)16-7-5-4-6-14(16)3)20(25)21-11-18(23)26-12-15-8-9-15/h4-7,13,15,17H,8-12H2,1-3H3,(H,21,25)(H,22,24). The number of aryl methyl sites for hydroxylation is 1. The van der Waals surface area contributed by atoms with Gasteiger partial charge in [-0.15, -0.1) is 0 Å². The van der Waals surface area contributed by atoms with Crippen LogP contribution in [0.2, 0.25) is 0 Å². The fourth-order valence-electron chi connectivity index (χ4n) is 2.60. The number of benzene rings is 1. The molecule has 1 aliphatic rings. The van der Waals surface area contributed by atoms with Crippen LogP contribution in [-0.2, 0) is 14.3 Å². The molecule has 0 radical (unpaired) electrons. The predicted molar refractivity (Wildman–Crippen MR) is 98.6 cm³/mol. The van der Waals surface area contributed by atoms with Crippen LogP contribution < -0.4 is 10.6 Å². The molecule has 2 N–H and O–H groups in total. The third kappa shape index (κ3) is 6.50. The molecule has 1 aromatic carbocycles. The molecule has 0 aliphatic heterocycles. The second kappa shape index (κ2) is 9.36. The topological polar surface area (TPSA) is 84.5 Å². The Kier molecular flexibility index (Phi) is 7.18. The van der Waals surface area contributed by atoms with Crippen molar-refractivity contribution in [2.45, 2.75) is 46.1 Å². The van der Waals surface area contributed by atoms with Crippen LogP contribution in [0, 0.1) is 18.8 Å². The normalized spacial score (nSPS) is 14.6. The molecule has 0 spiro atoms. The van der Waals surface area contributed by atoms with Crippen LogP contribution in [0.4, 0.5) is 0 Å². The zero-order valence-corrected chi connectivity index (χ0v) is 15.7. The van der Waals surface area contributed by atoms with Gasteiger partial charge in [-0.05, 0) is 49.7 Å². The first-order chi connectivity index (χ1) is 12.4. The van der Waals surface area contributed by atoms with E-state index in [1.807, 2.05) is 32.9 Å². The lowest BCUT2D eigenvalue weighted by Gasteiger charge is -2.20. The van der Waals surface area contributed by atoms with Crippen molar-refractivity contribution in [3.63, 3.8) is 0 Å². The van der Waals surface area contributed by atoms with E-state index in [4.69, 9.17) is 4.74 Å². The SMILES string of the molecule is Cc1ccccc1C(=O)NC(CC(C)C)C(=O)NCC(=O)OCC1CC1. The summed E-state index contributed by atoms with van der Waals surface area (Å²) < 4.78 is 5.10. The molecule has 1 unspecified atom stereocenters. The van der Waals surface area contributed by atoms with Gasteiger partial charge in [-0.2, -0.15) is 0 Å². The number of rotatable bonds is 9. The van der Waals surface area contributed by atoms with E-state index in [1.54, 1.807) is 12.1 Å². The first-order valence-electron chi connectivity index (χ1n) is 9.16. The van der Waals surface area contributed by atoms with Crippen LogP contribution in [-0.4, -0.2) is 37.0 Å². The number of ether oxygens (including phenoxy) is 1. The number of carbonyl (C=O) groups excluding carboxylic acids is 3. The lowest BCUT2D eigenvalue weighted by atomic mass is 10.0. The number of carbonyl (C=O) groups is 3. The summed E-state index contributed by atoms with van der Waals surface area (Å²) in [5.41, 5.74) is 1.38. The molecule has 142 valence electrons. The smallest absolute Gasteiger partial charge is 0.325 e. The summed E-state index contributed by atoms with van der Waals surface area (Å²) in [6, 6.07) is 6.53. The number of hydrogen-bond donors (Lipinski definition) is 2. The Morgan fingerprint density at radius 1 is 1.19 bits per heavy atom. The van der Waals surface area contributed by atoms with Crippen LogP contribution in [0.3, 0.4) is 0 Å². The van der Waals surface area contributed by atoms with Gasteiger partial charge >= 0.3 is 5.97 Å². The van der Waals surface area contributed by atoms with Gasteiger partial charge in [0, 0.05) is 5.56 Å². The molecule has 1 aliphatic carbocycles. The maximum Gasteiger partial charge on any atom is 0.325 e. The predicted octanol–water partition coefficient (Wildman–Crippen LogP) is 2.21. The van der Waals surface area contributed by atoms with E-state index < -0.39 is 12.0 Å². The molecule has 2 rings (SSSR count). The van der Waals surface area contributed by atoms with Gasteiger partial charge in [0.05, 0.1) is 6.61 Å². The maximum atomic E-state index is 12.5. The number of esters is 1. The molecule has 1 atom stereocenters. The third-order valence-electron chi connectivity index (χ3n) is 4.30. The lowest BCUT2D eigenvalue weighted by molar-refractivity contribution is -0.144. The van der Waals surface area contributed by atoms with E-state index in [9.17, 15) is 14.4 Å². The average molecular weight is 360 g/mol. The minimum absolute atomic E-state index is 0.180. The highest BCUT2D eigenvalue weighted by Gasteiger charge is 2.25. The van der Waals surface area contributed by atoms with E-state index in [-0.39, 0.29) is 24.3 Å². The van der Waals surface area contributed by atoms with Crippen molar-refractivity contribution in [3.05, 3.63) is 35.4 Å². The number of nitrogens with one attached hydrogen (secondary N) is 2. The van der Waals surface area contributed by atoms with Crippen molar-refractivity contribution < 1.29 is 19.1 Å². The summed E-state index contributed by atoms with van der Waals surface area (Å²) in [5.74, 6) is -0.413. The van der Waals surface area contributed by atoms with Crippen molar-refractivity contribution in [2.75, 3.05) is 13.2 Å². The van der Waals surface area contributed by atoms with Crippen LogP contribution in [0.15, 0.2) is 24.3 Å². The molecule has 0 heterocycles. The van der Waals surface area contributed by atoms with Gasteiger partial charge in [0.2, 0.25) is 5.91 Å². The van der Waals surface area contributed by atoms with E-state index >= 15 is 0 Å². The highest BCUT2D eigenvalue weighted by Crippen LogP contribution is 2.28. The summed E-state index contributed by atoms with van der Waals surface area (Å²) >= 11 is 0. The molecule has 1 fully saturated rings. The highest BCUT2D eigenvalue weighted by molar-refractivity contribution is 5.98. The van der Waals surface area contributed by atoms with Crippen molar-refractivity contribution >= 4 is 17.8 Å². The van der Waals surface area contributed by atoms with Gasteiger partial charge in [-0.3, -0.25) is 14.4 Å². The highest BCUT2D eigenvalue weighted by atomic mass is 16.5. The second-order valence-electron chi connectivity index (χ2n) is 7.31. The van der Waals surface area contributed by atoms with Crippen molar-refractivity contribution in [1.82, 2.24) is 10.6 Å². The van der Waals surface area contributed by atoms with Crippen molar-refractivity contribution in [3.8, 4) is 0 Å². The molecule has 6 nitrogen and oxygen atoms in total. The minimum atomic E-state index is -0.696. The Bertz CT molecular complexity index is 653. The van der Waals surface area contributed by atoms with Crippen LogP contribution >= 0.6 is 0 Å². The fraction of sp³-hybridized carbons (Fsp3) is 0.550. The van der Waals surface area contributed by atoms with Crippen LogP contribution in [0.25, 0.3) is 0 Å². The Morgan fingerprint density at radius 2 is 1.88 bits per heavy atom. The molecule has 6 heteroatoms. The fourth-order valence-corrected chi connectivity index (χ4v) is 2.60. The van der Waals surface area contributed by atoms with Gasteiger partial charge in [-0.25, -0.2) is 0 Å². The second-order valence-corrected chi connectivity index (χ2v) is 7.31. The molecule has 26 heavy (non-hydrogen) atoms. The Morgan fingerprint density at radius 3 is 2.50 bits per heavy atom. The Hall–Kier alpha value is -2.37. The Balaban J connectivity index is 1.90. The summed E-state index contributed by atoms with van der Waals surface area (Å²) in [7, 11) is 0. The molecule has 0 bridgehead atoms. The average Bonchev–Trinajstić information content (AvgIpc) is 3.41. The summed E-state index contributed by atoms with van der Waals surface area (Å²) in [6.07, 6.45) is 2.68. The van der Waals surface area contributed by atoms with E-state index in [1.165, 1.54) is 0 Å². The first kappa shape index (κ1) is 19.9. The van der Waals surface area contributed by atoms with Gasteiger partial charge < -0.3 is 15.4 Å². The van der Waals surface area contributed by atoms with E-state index in [0.717, 1.165) is 18.4 Å². The maximum absolute atomic E-state index is 12.5. The van der Waals surface area contributed by atoms with Gasteiger partial charge in [0.1, 0.15) is 12.6 Å². The third-order valence-corrected chi connectivity index (χ3v) is 4.30. The monoisotopic (exact) mass is 360 g/mol. The molecule has 0 saturated heterocycles. The summed E-state index contributed by atoms with van der Waals surface area (Å²) in [4.78, 5) is 36.6. The molecular formula is C20H28N2O4. The Labute approximate surface area is 154 Å². The molecule has 0 aromatic heterocycles. The van der Waals surface area contributed by atoms with E-state index in [2.05, 4.69) is 10.6 Å². The van der Waals surface area contributed by atoms with Gasteiger partial charge in [-0.1, -0.05) is 32.0 Å². The number of amides is 2. The van der Waals surface area contributed by atoms with Crippen LogP contribution in [0.1, 0.15) is 49.0 Å². The van der Waals surface area contributed by atoms with Crippen LogP contribution in [0.5, 0.6) is 0 Å². The minimum Gasteiger partial charge on any atom is -0.464 e. The lowest BCUT2D eigenvalue weighted by Crippen LogP contribution is -2.48. The van der Waals surface area contributed by atoms with Gasteiger partial charge in [0.25, 0.3) is 5.91 Å². The van der Waals surface area contributed by atoms with Crippen molar-refractivity contribution in [2.24, 2.45) is 11.8 Å². The molecule has 2 amide bonds. The van der Waals surface area contributed by atoms with E-state index in [0.29, 0.717) is 24.5 Å². The van der Waals surface area contributed by atoms with Gasteiger partial charge in [0.15, 0.2) is 0 Å². The first-order valence-corrected chi connectivity index (χ1v) is 9.16. The molecule has 1 aromatic rings. The zero-order valence-electron chi connectivity index (χ0n) is 15.7. The number of hydrogen-bond acceptors (Lipinski definition) is 4. The summed E-state index contributed by atoms with van der Waals surface area (Å²) in [6.45, 7) is 6.05. The quantitative estimate of drug-likeness (QED) is 0.661. The molecular weight excluding hydrogens is 332 g/mol. The molecule has 1 saturated carbocycles. The zero-order chi connectivity index (χ0) is 19.1. The largest absolute Gasteiger partial charge is 0.464 e. The van der Waals surface area contributed by atoms with Crippen molar-refractivity contribution in [1.29, 1.82) is 0 Å².